The number of rotatable bonds is 2. The number of carbonyl (C=O) groups excluding carboxylic acids is 1. The van der Waals surface area contributed by atoms with Gasteiger partial charge in [0.1, 0.15) is 0 Å². The minimum absolute atomic E-state index is 0.0101. The van der Waals surface area contributed by atoms with Crippen LogP contribution in [0.2, 0.25) is 0 Å². The molecule has 0 aliphatic carbocycles. The van der Waals surface area contributed by atoms with Crippen LogP contribution in [0.1, 0.15) is 19.8 Å². The summed E-state index contributed by atoms with van der Waals surface area (Å²) in [7, 11) is 0. The summed E-state index contributed by atoms with van der Waals surface area (Å²) in [5.41, 5.74) is 0. The highest BCUT2D eigenvalue weighted by Crippen LogP contribution is 2.27. The Morgan fingerprint density at radius 3 is 2.73 bits per heavy atom. The van der Waals surface area contributed by atoms with Gasteiger partial charge in [0.15, 0.2) is 0 Å². The maximum Gasteiger partial charge on any atom is 0.459 e. The third-order valence-electron chi connectivity index (χ3n) is 2.52. The van der Waals surface area contributed by atoms with E-state index < -0.39 is 6.30 Å². The molecule has 0 radical (unpaired) electrons. The molecule has 0 aromatic carbocycles. The van der Waals surface area contributed by atoms with Crippen molar-refractivity contribution in [2.45, 2.75) is 26.1 Å². The number of carbonyl (C=O) groups is 1. The average Bonchev–Trinajstić information content (AvgIpc) is 2.14. The van der Waals surface area contributed by atoms with Crippen LogP contribution >= 0.6 is 0 Å². The highest BCUT2D eigenvalue weighted by molar-refractivity contribution is 5.72. The first-order chi connectivity index (χ1) is 6.89. The van der Waals surface area contributed by atoms with E-state index in [-0.39, 0.29) is 24.9 Å². The van der Waals surface area contributed by atoms with Gasteiger partial charge in [-0.3, -0.25) is 4.79 Å². The summed E-state index contributed by atoms with van der Waals surface area (Å²) in [6.07, 6.45) is -2.97. The molecule has 0 spiro atoms. The minimum Gasteiger partial charge on any atom is -0.356 e. The maximum absolute atomic E-state index is 12.4. The molecule has 0 saturated carbocycles. The van der Waals surface area contributed by atoms with E-state index in [1.165, 1.54) is 6.92 Å². The predicted molar refractivity (Wildman–Crippen MR) is 49.0 cm³/mol. The summed E-state index contributed by atoms with van der Waals surface area (Å²) in [6.45, 7) is 1.76. The van der Waals surface area contributed by atoms with Crippen molar-refractivity contribution in [2.75, 3.05) is 19.6 Å². The lowest BCUT2D eigenvalue weighted by Crippen LogP contribution is -2.47. The Bertz CT molecular complexity index is 230. The van der Waals surface area contributed by atoms with Gasteiger partial charge in [0.2, 0.25) is 5.91 Å². The predicted octanol–water partition coefficient (Wildman–Crippen LogP) is 1.35. The third-order valence-corrected chi connectivity index (χ3v) is 2.52. The van der Waals surface area contributed by atoms with Crippen LogP contribution in [0.15, 0.2) is 0 Å². The second kappa shape index (κ2) is 4.83. The highest BCUT2D eigenvalue weighted by Gasteiger charge is 2.39. The van der Waals surface area contributed by atoms with Crippen LogP contribution in [0.4, 0.5) is 13.2 Å². The number of nitrogens with zero attached hydrogens (tertiary/aromatic N) is 1. The zero-order valence-electron chi connectivity index (χ0n) is 8.60. The fourth-order valence-electron chi connectivity index (χ4n) is 1.75. The van der Waals surface area contributed by atoms with Gasteiger partial charge >= 0.3 is 6.30 Å². The first-order valence-corrected chi connectivity index (χ1v) is 4.96. The van der Waals surface area contributed by atoms with Crippen molar-refractivity contribution in [3.63, 3.8) is 0 Å². The number of halogens is 3. The van der Waals surface area contributed by atoms with Crippen molar-refractivity contribution >= 4 is 5.91 Å². The summed E-state index contributed by atoms with van der Waals surface area (Å²) in [6, 6.07) is 0. The van der Waals surface area contributed by atoms with Gasteiger partial charge in [0.05, 0.1) is 0 Å². The molecule has 1 saturated heterocycles. The molecule has 1 aliphatic heterocycles. The summed E-state index contributed by atoms with van der Waals surface area (Å²) in [4.78, 5) is 11.1. The molecule has 88 valence electrons. The second-order valence-corrected chi connectivity index (χ2v) is 3.86. The van der Waals surface area contributed by atoms with Crippen LogP contribution in [0, 0.1) is 5.92 Å². The number of amides is 1. The lowest BCUT2D eigenvalue weighted by molar-refractivity contribution is -0.253. The fourth-order valence-corrected chi connectivity index (χ4v) is 1.75. The minimum atomic E-state index is -4.24. The quantitative estimate of drug-likeness (QED) is 0.718. The van der Waals surface area contributed by atoms with E-state index in [0.717, 1.165) is 6.42 Å². The first-order valence-electron chi connectivity index (χ1n) is 4.96. The van der Waals surface area contributed by atoms with Gasteiger partial charge in [-0.05, 0) is 18.8 Å². The number of hydrogen-bond acceptors (Lipinski definition) is 2. The monoisotopic (exact) mass is 224 g/mol. The van der Waals surface area contributed by atoms with E-state index in [9.17, 15) is 18.0 Å². The van der Waals surface area contributed by atoms with Crippen LogP contribution in [0.5, 0.6) is 0 Å². The molecule has 6 heteroatoms. The highest BCUT2D eigenvalue weighted by atomic mass is 19.4. The number of hydrogen-bond donors (Lipinski definition) is 1. The van der Waals surface area contributed by atoms with Crippen molar-refractivity contribution in [2.24, 2.45) is 5.92 Å². The van der Waals surface area contributed by atoms with E-state index >= 15 is 0 Å². The molecule has 15 heavy (non-hydrogen) atoms. The summed E-state index contributed by atoms with van der Waals surface area (Å²) in [5.74, 6) is -0.289. The van der Waals surface area contributed by atoms with Crippen LogP contribution in [-0.2, 0) is 4.79 Å². The van der Waals surface area contributed by atoms with Crippen molar-refractivity contribution in [3.8, 4) is 0 Å². The molecule has 1 N–H and O–H groups in total. The van der Waals surface area contributed by atoms with Gasteiger partial charge in [-0.2, -0.15) is 13.2 Å². The average molecular weight is 224 g/mol. The van der Waals surface area contributed by atoms with Crippen molar-refractivity contribution in [1.29, 1.82) is 0 Å². The van der Waals surface area contributed by atoms with E-state index in [1.54, 1.807) is 0 Å². The lowest BCUT2D eigenvalue weighted by atomic mass is 9.98. The molecule has 0 aromatic heterocycles. The second-order valence-electron chi connectivity index (χ2n) is 3.86. The Morgan fingerprint density at radius 2 is 2.20 bits per heavy atom. The van der Waals surface area contributed by atoms with Crippen LogP contribution < -0.4 is 5.32 Å². The van der Waals surface area contributed by atoms with E-state index in [1.807, 2.05) is 0 Å². The molecule has 0 unspecified atom stereocenters. The number of alkyl halides is 3. The normalized spacial score (nSPS) is 23.9. The molecule has 1 rings (SSSR count). The Balaban J connectivity index is 2.39. The Kier molecular flexibility index (Phi) is 3.96. The zero-order valence-corrected chi connectivity index (χ0v) is 8.60. The largest absolute Gasteiger partial charge is 0.459 e. The van der Waals surface area contributed by atoms with Crippen LogP contribution in [-0.4, -0.2) is 36.7 Å². The van der Waals surface area contributed by atoms with Crippen LogP contribution in [0.3, 0.4) is 0 Å². The lowest BCUT2D eigenvalue weighted by Gasteiger charge is -2.33. The van der Waals surface area contributed by atoms with Gasteiger partial charge < -0.3 is 5.32 Å². The number of piperidine rings is 1. The third kappa shape index (κ3) is 4.07. The zero-order chi connectivity index (χ0) is 11.5. The summed E-state index contributed by atoms with van der Waals surface area (Å²) < 4.78 is 37.1. The topological polar surface area (TPSA) is 32.3 Å². The molecule has 3 nitrogen and oxygen atoms in total. The van der Waals surface area contributed by atoms with Crippen molar-refractivity contribution in [3.05, 3.63) is 0 Å². The standard InChI is InChI=1S/C9H15F3N2O/c1-7(15)13-5-8-3-2-4-14(6-8)9(10,11)12/h8H,2-6H2,1H3,(H,13,15)/t8-/m0/s1. The molecule has 1 atom stereocenters. The molecule has 1 heterocycles. The van der Waals surface area contributed by atoms with Gasteiger partial charge in [0, 0.05) is 26.6 Å². The molecular formula is C9H15F3N2O. The van der Waals surface area contributed by atoms with Gasteiger partial charge in [-0.25, -0.2) is 4.90 Å². The molecule has 1 fully saturated rings. The van der Waals surface area contributed by atoms with E-state index in [0.29, 0.717) is 17.9 Å². The smallest absolute Gasteiger partial charge is 0.356 e. The van der Waals surface area contributed by atoms with Crippen molar-refractivity contribution < 1.29 is 18.0 Å². The molecule has 0 bridgehead atoms. The van der Waals surface area contributed by atoms with Crippen molar-refractivity contribution in [1.82, 2.24) is 10.2 Å². The van der Waals surface area contributed by atoms with E-state index in [4.69, 9.17) is 0 Å². The van der Waals surface area contributed by atoms with Gasteiger partial charge in [-0.1, -0.05) is 0 Å². The SMILES string of the molecule is CC(=O)NC[C@@H]1CCCN(C(F)(F)F)C1. The number of likely N-dealkylation sites (tertiary alicyclic amines) is 1. The van der Waals surface area contributed by atoms with Gasteiger partial charge in [0.25, 0.3) is 0 Å². The summed E-state index contributed by atoms with van der Waals surface area (Å²) in [5, 5.41) is 2.55. The first kappa shape index (κ1) is 12.3. The van der Waals surface area contributed by atoms with Crippen LogP contribution in [0.25, 0.3) is 0 Å². The maximum atomic E-state index is 12.4. The fraction of sp³-hybridized carbons (Fsp3) is 0.889. The molecule has 0 aromatic rings. The Labute approximate surface area is 86.6 Å². The molecule has 1 aliphatic rings. The number of nitrogens with one attached hydrogen (secondary N) is 1. The van der Waals surface area contributed by atoms with E-state index in [2.05, 4.69) is 5.32 Å². The van der Waals surface area contributed by atoms with Gasteiger partial charge in [-0.15, -0.1) is 0 Å². The Morgan fingerprint density at radius 1 is 1.53 bits per heavy atom. The molecular weight excluding hydrogens is 209 g/mol. The summed E-state index contributed by atoms with van der Waals surface area (Å²) >= 11 is 0. The molecule has 1 amide bonds. The Hall–Kier alpha value is -0.780.